The molecular weight excluding hydrogens is 424 g/mol. The molecule has 2 aliphatic heterocycles. The van der Waals surface area contributed by atoms with E-state index in [0.717, 1.165) is 24.1 Å². The van der Waals surface area contributed by atoms with Crippen LogP contribution < -0.4 is 0 Å². The standard InChI is InChI=1S/C25H32N2O4S/c1-19-3-2-15-26(19)16-12-20-4-6-21(7-5-20)22-8-10-24(11-9-22)32(30,31)27-17-13-23(14-18-27)25(28)29/h4-11,19,23H,2-3,12-18H2,1H3,(H,28,29)/t19-/m1/s1. The summed E-state index contributed by atoms with van der Waals surface area (Å²) in [5.74, 6) is -1.30. The molecule has 0 aliphatic carbocycles. The summed E-state index contributed by atoms with van der Waals surface area (Å²) in [6.07, 6.45) is 4.35. The Hall–Kier alpha value is -2.22. The van der Waals surface area contributed by atoms with Gasteiger partial charge in [0.2, 0.25) is 10.0 Å². The number of piperidine rings is 1. The summed E-state index contributed by atoms with van der Waals surface area (Å²) in [7, 11) is -3.60. The van der Waals surface area contributed by atoms with Crippen LogP contribution >= 0.6 is 0 Å². The summed E-state index contributed by atoms with van der Waals surface area (Å²) in [4.78, 5) is 13.9. The molecule has 2 aromatic carbocycles. The van der Waals surface area contributed by atoms with Gasteiger partial charge >= 0.3 is 5.97 Å². The summed E-state index contributed by atoms with van der Waals surface area (Å²) in [5, 5.41) is 9.12. The molecule has 2 heterocycles. The Morgan fingerprint density at radius 1 is 0.938 bits per heavy atom. The van der Waals surface area contributed by atoms with Crippen molar-refractivity contribution in [3.8, 4) is 11.1 Å². The zero-order chi connectivity index (χ0) is 22.7. The van der Waals surface area contributed by atoms with Gasteiger partial charge in [-0.15, -0.1) is 0 Å². The van der Waals surface area contributed by atoms with Gasteiger partial charge in [-0.05, 0) is 74.4 Å². The fourth-order valence-corrected chi connectivity index (χ4v) is 6.24. The lowest BCUT2D eigenvalue weighted by Crippen LogP contribution is -2.40. The zero-order valence-electron chi connectivity index (χ0n) is 18.6. The summed E-state index contributed by atoms with van der Waals surface area (Å²) in [6.45, 7) is 5.10. The topological polar surface area (TPSA) is 77.9 Å². The van der Waals surface area contributed by atoms with Gasteiger partial charge in [0, 0.05) is 25.7 Å². The number of hydrogen-bond acceptors (Lipinski definition) is 4. The first-order valence-corrected chi connectivity index (χ1v) is 12.9. The van der Waals surface area contributed by atoms with Crippen LogP contribution in [0.5, 0.6) is 0 Å². The maximum absolute atomic E-state index is 12.9. The fraction of sp³-hybridized carbons (Fsp3) is 0.480. The third kappa shape index (κ3) is 5.05. The summed E-state index contributed by atoms with van der Waals surface area (Å²) < 4.78 is 27.3. The van der Waals surface area contributed by atoms with Crippen molar-refractivity contribution >= 4 is 16.0 Å². The molecule has 2 aromatic rings. The molecule has 1 atom stereocenters. The first-order chi connectivity index (χ1) is 15.3. The Labute approximate surface area is 190 Å². The quantitative estimate of drug-likeness (QED) is 0.684. The number of nitrogens with zero attached hydrogens (tertiary/aromatic N) is 2. The number of benzene rings is 2. The van der Waals surface area contributed by atoms with Crippen LogP contribution in [0, 0.1) is 5.92 Å². The van der Waals surface area contributed by atoms with Gasteiger partial charge in [0.25, 0.3) is 0 Å². The second-order valence-electron chi connectivity index (χ2n) is 9.02. The SMILES string of the molecule is C[C@@H]1CCCN1CCc1ccc(-c2ccc(S(=O)(=O)N3CCC(C(=O)O)CC3)cc2)cc1. The van der Waals surface area contributed by atoms with E-state index in [-0.39, 0.29) is 18.0 Å². The van der Waals surface area contributed by atoms with E-state index in [2.05, 4.69) is 36.1 Å². The van der Waals surface area contributed by atoms with Gasteiger partial charge in [0.15, 0.2) is 0 Å². The number of carbonyl (C=O) groups is 1. The summed E-state index contributed by atoms with van der Waals surface area (Å²) in [5.41, 5.74) is 3.36. The van der Waals surface area contributed by atoms with E-state index in [9.17, 15) is 13.2 Å². The molecule has 0 amide bonds. The maximum Gasteiger partial charge on any atom is 0.306 e. The van der Waals surface area contributed by atoms with E-state index in [1.807, 2.05) is 12.1 Å². The Bertz CT molecular complexity index is 1030. The third-order valence-electron chi connectivity index (χ3n) is 6.96. The van der Waals surface area contributed by atoms with Crippen LogP contribution in [0.4, 0.5) is 0 Å². The average Bonchev–Trinajstić information content (AvgIpc) is 3.23. The van der Waals surface area contributed by atoms with Gasteiger partial charge in [-0.25, -0.2) is 8.42 Å². The Morgan fingerprint density at radius 3 is 2.06 bits per heavy atom. The van der Waals surface area contributed by atoms with Crippen LogP contribution in [-0.4, -0.2) is 60.9 Å². The van der Waals surface area contributed by atoms with E-state index in [4.69, 9.17) is 5.11 Å². The molecule has 0 aromatic heterocycles. The number of carboxylic acids is 1. The number of hydrogen-bond donors (Lipinski definition) is 1. The highest BCUT2D eigenvalue weighted by molar-refractivity contribution is 7.89. The molecule has 2 saturated heterocycles. The van der Waals surface area contributed by atoms with Gasteiger partial charge in [-0.1, -0.05) is 36.4 Å². The Kier molecular flexibility index (Phi) is 6.98. The predicted molar refractivity (Wildman–Crippen MR) is 125 cm³/mol. The zero-order valence-corrected chi connectivity index (χ0v) is 19.4. The molecule has 1 N–H and O–H groups in total. The summed E-state index contributed by atoms with van der Waals surface area (Å²) >= 11 is 0. The van der Waals surface area contributed by atoms with E-state index >= 15 is 0 Å². The van der Waals surface area contributed by atoms with Crippen molar-refractivity contribution in [2.75, 3.05) is 26.2 Å². The molecule has 2 fully saturated rings. The molecule has 0 spiro atoms. The fourth-order valence-electron chi connectivity index (χ4n) is 4.77. The molecular formula is C25H32N2O4S. The van der Waals surface area contributed by atoms with Crippen LogP contribution in [0.1, 0.15) is 38.2 Å². The second kappa shape index (κ2) is 9.73. The smallest absolute Gasteiger partial charge is 0.306 e. The molecule has 7 heteroatoms. The minimum Gasteiger partial charge on any atom is -0.481 e. The van der Waals surface area contributed by atoms with Gasteiger partial charge in [-0.2, -0.15) is 4.31 Å². The van der Waals surface area contributed by atoms with Crippen LogP contribution in [0.2, 0.25) is 0 Å². The van der Waals surface area contributed by atoms with Crippen LogP contribution in [0.3, 0.4) is 0 Å². The minimum absolute atomic E-state index is 0.249. The van der Waals surface area contributed by atoms with Gasteiger partial charge in [0.1, 0.15) is 0 Å². The lowest BCUT2D eigenvalue weighted by atomic mass is 9.99. The lowest BCUT2D eigenvalue weighted by molar-refractivity contribution is -0.142. The Balaban J connectivity index is 1.38. The van der Waals surface area contributed by atoms with Crippen molar-refractivity contribution in [1.29, 1.82) is 0 Å². The van der Waals surface area contributed by atoms with E-state index < -0.39 is 21.9 Å². The molecule has 6 nitrogen and oxygen atoms in total. The number of sulfonamides is 1. The Morgan fingerprint density at radius 2 is 1.53 bits per heavy atom. The first kappa shape index (κ1) is 23.0. The van der Waals surface area contributed by atoms with Crippen LogP contribution in [0.25, 0.3) is 11.1 Å². The van der Waals surface area contributed by atoms with E-state index in [1.165, 1.54) is 29.3 Å². The van der Waals surface area contributed by atoms with Crippen molar-refractivity contribution < 1.29 is 18.3 Å². The van der Waals surface area contributed by atoms with Gasteiger partial charge in [-0.3, -0.25) is 4.79 Å². The summed E-state index contributed by atoms with van der Waals surface area (Å²) in [6, 6.07) is 16.2. The van der Waals surface area contributed by atoms with Gasteiger partial charge < -0.3 is 10.0 Å². The molecule has 2 aliphatic rings. The number of likely N-dealkylation sites (tertiary alicyclic amines) is 1. The van der Waals surface area contributed by atoms with Crippen molar-refractivity contribution in [2.24, 2.45) is 5.92 Å². The molecule has 0 unspecified atom stereocenters. The molecule has 32 heavy (non-hydrogen) atoms. The highest BCUT2D eigenvalue weighted by atomic mass is 32.2. The maximum atomic E-state index is 12.9. The van der Waals surface area contributed by atoms with E-state index in [0.29, 0.717) is 18.9 Å². The number of aliphatic carboxylic acids is 1. The van der Waals surface area contributed by atoms with Crippen molar-refractivity contribution in [3.63, 3.8) is 0 Å². The monoisotopic (exact) mass is 456 g/mol. The van der Waals surface area contributed by atoms with Crippen molar-refractivity contribution in [1.82, 2.24) is 9.21 Å². The predicted octanol–water partition coefficient (Wildman–Crippen LogP) is 3.87. The molecule has 0 saturated carbocycles. The number of rotatable bonds is 7. The van der Waals surface area contributed by atoms with E-state index in [1.54, 1.807) is 12.1 Å². The van der Waals surface area contributed by atoms with Gasteiger partial charge in [0.05, 0.1) is 10.8 Å². The van der Waals surface area contributed by atoms with Crippen LogP contribution in [-0.2, 0) is 21.2 Å². The second-order valence-corrected chi connectivity index (χ2v) is 11.0. The normalized spacial score (nSPS) is 21.1. The van der Waals surface area contributed by atoms with Crippen LogP contribution in [0.15, 0.2) is 53.4 Å². The number of carboxylic acid groups (broad SMARTS) is 1. The lowest BCUT2D eigenvalue weighted by Gasteiger charge is -2.29. The average molecular weight is 457 g/mol. The first-order valence-electron chi connectivity index (χ1n) is 11.5. The molecule has 172 valence electrons. The highest BCUT2D eigenvalue weighted by Crippen LogP contribution is 2.27. The minimum atomic E-state index is -3.60. The van der Waals surface area contributed by atoms with Crippen molar-refractivity contribution in [2.45, 2.75) is 50.0 Å². The largest absolute Gasteiger partial charge is 0.481 e. The van der Waals surface area contributed by atoms with Crippen molar-refractivity contribution in [3.05, 3.63) is 54.1 Å². The molecule has 4 rings (SSSR count). The highest BCUT2D eigenvalue weighted by Gasteiger charge is 2.31. The molecule has 0 bridgehead atoms. The molecule has 0 radical (unpaired) electrons. The third-order valence-corrected chi connectivity index (χ3v) is 8.87.